The smallest absolute Gasteiger partial charge is 0.0341 e. The first-order valence-corrected chi connectivity index (χ1v) is 7.90. The molecule has 0 fully saturated rings. The summed E-state index contributed by atoms with van der Waals surface area (Å²) in [6, 6.07) is 18.9. The Morgan fingerprint density at radius 1 is 0.944 bits per heavy atom. The fourth-order valence-electron chi connectivity index (χ4n) is 1.60. The van der Waals surface area contributed by atoms with Crippen LogP contribution in [-0.4, -0.2) is 12.3 Å². The Labute approximate surface area is 121 Å². The van der Waals surface area contributed by atoms with E-state index in [9.17, 15) is 0 Å². The molecule has 18 heavy (non-hydrogen) atoms. The van der Waals surface area contributed by atoms with Crippen molar-refractivity contribution < 1.29 is 0 Å². The number of rotatable bonds is 6. The van der Waals surface area contributed by atoms with Gasteiger partial charge in [-0.15, -0.1) is 0 Å². The Morgan fingerprint density at radius 2 is 1.67 bits per heavy atom. The molecule has 3 heteroatoms. The lowest BCUT2D eigenvalue weighted by Crippen LogP contribution is -2.03. The Morgan fingerprint density at radius 3 is 2.39 bits per heavy atom. The van der Waals surface area contributed by atoms with Crippen LogP contribution in [0, 0.1) is 0 Å². The molecule has 1 nitrogen and oxygen atoms in total. The summed E-state index contributed by atoms with van der Waals surface area (Å²) in [5, 5.41) is 3.42. The van der Waals surface area contributed by atoms with Gasteiger partial charge in [0.05, 0.1) is 0 Å². The third kappa shape index (κ3) is 4.75. The molecule has 0 spiro atoms. The number of thioether (sulfide) groups is 1. The van der Waals surface area contributed by atoms with Gasteiger partial charge in [-0.1, -0.05) is 46.3 Å². The highest BCUT2D eigenvalue weighted by Gasteiger charge is 1.94. The van der Waals surface area contributed by atoms with E-state index >= 15 is 0 Å². The molecule has 0 aliphatic heterocycles. The van der Waals surface area contributed by atoms with E-state index in [1.54, 1.807) is 0 Å². The van der Waals surface area contributed by atoms with Crippen LogP contribution < -0.4 is 5.32 Å². The van der Waals surface area contributed by atoms with Crippen molar-refractivity contribution in [1.82, 2.24) is 0 Å². The van der Waals surface area contributed by atoms with Crippen molar-refractivity contribution in [1.29, 1.82) is 0 Å². The highest BCUT2D eigenvalue weighted by molar-refractivity contribution is 9.10. The molecular formula is C15H16BrNS. The standard InChI is InChI=1S/C15H16BrNS/c16-14-6-8-15(9-7-14)17-10-11-18-12-13-4-2-1-3-5-13/h1-9,17H,10-12H2. The van der Waals surface area contributed by atoms with Crippen LogP contribution in [0.5, 0.6) is 0 Å². The number of halogens is 1. The molecule has 2 aromatic rings. The lowest BCUT2D eigenvalue weighted by molar-refractivity contribution is 1.22. The van der Waals surface area contributed by atoms with E-state index in [0.29, 0.717) is 0 Å². The highest BCUT2D eigenvalue weighted by atomic mass is 79.9. The predicted octanol–water partition coefficient (Wildman–Crippen LogP) is 4.79. The van der Waals surface area contributed by atoms with Gasteiger partial charge in [-0.3, -0.25) is 0 Å². The van der Waals surface area contributed by atoms with Crippen molar-refractivity contribution in [3.05, 3.63) is 64.6 Å². The summed E-state index contributed by atoms with van der Waals surface area (Å²) < 4.78 is 1.12. The molecule has 94 valence electrons. The second kappa shape index (κ2) is 7.49. The fourth-order valence-corrected chi connectivity index (χ4v) is 2.68. The number of nitrogens with one attached hydrogen (secondary N) is 1. The van der Waals surface area contributed by atoms with Crippen molar-refractivity contribution in [2.45, 2.75) is 5.75 Å². The van der Waals surface area contributed by atoms with Gasteiger partial charge < -0.3 is 5.32 Å². The van der Waals surface area contributed by atoms with Crippen molar-refractivity contribution in [2.75, 3.05) is 17.6 Å². The Balaban J connectivity index is 1.63. The monoisotopic (exact) mass is 321 g/mol. The number of anilines is 1. The Kier molecular flexibility index (Phi) is 5.62. The lowest BCUT2D eigenvalue weighted by atomic mass is 10.2. The molecule has 0 aliphatic carbocycles. The van der Waals surface area contributed by atoms with E-state index in [4.69, 9.17) is 0 Å². The second-order valence-electron chi connectivity index (χ2n) is 3.97. The minimum Gasteiger partial charge on any atom is -0.384 e. The third-order valence-electron chi connectivity index (χ3n) is 2.53. The maximum absolute atomic E-state index is 3.43. The number of hydrogen-bond acceptors (Lipinski definition) is 2. The third-order valence-corrected chi connectivity index (χ3v) is 4.09. The molecule has 1 N–H and O–H groups in total. The zero-order valence-corrected chi connectivity index (χ0v) is 12.5. The quantitative estimate of drug-likeness (QED) is 0.767. The van der Waals surface area contributed by atoms with Crippen molar-refractivity contribution in [3.63, 3.8) is 0 Å². The molecule has 0 unspecified atom stereocenters. The first-order chi connectivity index (χ1) is 8.84. The summed E-state index contributed by atoms with van der Waals surface area (Å²) in [5.41, 5.74) is 2.57. The van der Waals surface area contributed by atoms with Gasteiger partial charge in [-0.05, 0) is 29.8 Å². The topological polar surface area (TPSA) is 12.0 Å². The predicted molar refractivity (Wildman–Crippen MR) is 85.2 cm³/mol. The summed E-state index contributed by atoms with van der Waals surface area (Å²) in [4.78, 5) is 0. The van der Waals surface area contributed by atoms with Crippen molar-refractivity contribution in [3.8, 4) is 0 Å². The SMILES string of the molecule is Brc1ccc(NCCSCc2ccccc2)cc1. The Bertz CT molecular complexity index is 456. The van der Waals surface area contributed by atoms with Crippen LogP contribution in [0.15, 0.2) is 59.1 Å². The molecule has 0 aliphatic rings. The number of benzene rings is 2. The summed E-state index contributed by atoms with van der Waals surface area (Å²) in [6.07, 6.45) is 0. The second-order valence-corrected chi connectivity index (χ2v) is 5.99. The van der Waals surface area contributed by atoms with Crippen LogP contribution in [0.4, 0.5) is 5.69 Å². The molecule has 0 radical (unpaired) electrons. The lowest BCUT2D eigenvalue weighted by Gasteiger charge is -2.06. The zero-order valence-electron chi connectivity index (χ0n) is 10.1. The van der Waals surface area contributed by atoms with Gasteiger partial charge >= 0.3 is 0 Å². The molecule has 2 aromatic carbocycles. The highest BCUT2D eigenvalue weighted by Crippen LogP contribution is 2.15. The maximum Gasteiger partial charge on any atom is 0.0341 e. The van der Waals surface area contributed by atoms with E-state index < -0.39 is 0 Å². The van der Waals surface area contributed by atoms with Gasteiger partial charge in [0.1, 0.15) is 0 Å². The van der Waals surface area contributed by atoms with Crippen LogP contribution in [0.25, 0.3) is 0 Å². The van der Waals surface area contributed by atoms with Gasteiger partial charge in [-0.25, -0.2) is 0 Å². The molecule has 0 aromatic heterocycles. The molecule has 0 saturated carbocycles. The van der Waals surface area contributed by atoms with E-state index in [1.807, 2.05) is 11.8 Å². The van der Waals surface area contributed by atoms with Gasteiger partial charge in [-0.2, -0.15) is 11.8 Å². The van der Waals surface area contributed by atoms with Crippen LogP contribution >= 0.6 is 27.7 Å². The molecule has 2 rings (SSSR count). The van der Waals surface area contributed by atoms with Crippen molar-refractivity contribution in [2.24, 2.45) is 0 Å². The fraction of sp³-hybridized carbons (Fsp3) is 0.200. The van der Waals surface area contributed by atoms with Crippen LogP contribution in [0.3, 0.4) is 0 Å². The van der Waals surface area contributed by atoms with Crippen LogP contribution in [-0.2, 0) is 5.75 Å². The minimum atomic E-state index is 0.999. The largest absolute Gasteiger partial charge is 0.384 e. The van der Waals surface area contributed by atoms with E-state index in [-0.39, 0.29) is 0 Å². The molecule has 0 saturated heterocycles. The average Bonchev–Trinajstić information content (AvgIpc) is 2.42. The van der Waals surface area contributed by atoms with Gasteiger partial charge in [0.2, 0.25) is 0 Å². The van der Waals surface area contributed by atoms with Crippen LogP contribution in [0.1, 0.15) is 5.56 Å². The van der Waals surface area contributed by atoms with E-state index in [0.717, 1.165) is 22.5 Å². The molecule has 0 heterocycles. The molecular weight excluding hydrogens is 306 g/mol. The van der Waals surface area contributed by atoms with Crippen LogP contribution in [0.2, 0.25) is 0 Å². The van der Waals surface area contributed by atoms with Gasteiger partial charge in [0.15, 0.2) is 0 Å². The normalized spacial score (nSPS) is 10.3. The summed E-state index contributed by atoms with van der Waals surface area (Å²) in [7, 11) is 0. The molecule has 0 bridgehead atoms. The zero-order chi connectivity index (χ0) is 12.6. The van der Waals surface area contributed by atoms with Gasteiger partial charge in [0, 0.05) is 28.2 Å². The minimum absolute atomic E-state index is 0.999. The van der Waals surface area contributed by atoms with Crippen molar-refractivity contribution >= 4 is 33.4 Å². The first kappa shape index (κ1) is 13.5. The summed E-state index contributed by atoms with van der Waals surface area (Å²) >= 11 is 5.39. The molecule has 0 amide bonds. The average molecular weight is 322 g/mol. The van der Waals surface area contributed by atoms with Gasteiger partial charge in [0.25, 0.3) is 0 Å². The Hall–Kier alpha value is -0.930. The molecule has 0 atom stereocenters. The number of hydrogen-bond donors (Lipinski definition) is 1. The maximum atomic E-state index is 3.43. The summed E-state index contributed by atoms with van der Waals surface area (Å²) in [5.74, 6) is 2.20. The summed E-state index contributed by atoms with van der Waals surface area (Å²) in [6.45, 7) is 0.999. The van der Waals surface area contributed by atoms with E-state index in [2.05, 4.69) is 75.8 Å². The van der Waals surface area contributed by atoms with E-state index in [1.165, 1.54) is 11.3 Å². The first-order valence-electron chi connectivity index (χ1n) is 5.96.